The molecule has 0 aliphatic heterocycles. The second kappa shape index (κ2) is 9.55. The SMILES string of the molecule is C=CC(=O)OCC(OC(=O)C=C)Oc1ccc(C(C)(C)c2ccccc2)cc1. The van der Waals surface area contributed by atoms with Gasteiger partial charge in [-0.15, -0.1) is 0 Å². The first kappa shape index (κ1) is 21.0. The molecule has 0 radical (unpaired) electrons. The lowest BCUT2D eigenvalue weighted by Gasteiger charge is -2.26. The Bertz CT molecular complexity index is 822. The zero-order valence-corrected chi connectivity index (χ0v) is 16.1. The Balaban J connectivity index is 2.13. The fourth-order valence-corrected chi connectivity index (χ4v) is 2.60. The summed E-state index contributed by atoms with van der Waals surface area (Å²) in [6, 6.07) is 17.6. The minimum absolute atomic E-state index is 0.187. The summed E-state index contributed by atoms with van der Waals surface area (Å²) in [7, 11) is 0. The molecule has 28 heavy (non-hydrogen) atoms. The maximum atomic E-state index is 11.5. The van der Waals surface area contributed by atoms with Crippen molar-refractivity contribution in [2.75, 3.05) is 6.61 Å². The molecule has 5 nitrogen and oxygen atoms in total. The van der Waals surface area contributed by atoms with Gasteiger partial charge in [-0.25, -0.2) is 9.59 Å². The minimum Gasteiger partial charge on any atom is -0.455 e. The van der Waals surface area contributed by atoms with Crippen LogP contribution in [0.25, 0.3) is 0 Å². The summed E-state index contributed by atoms with van der Waals surface area (Å²) in [6.07, 6.45) is 0.937. The van der Waals surface area contributed by atoms with Gasteiger partial charge in [0.15, 0.2) is 6.61 Å². The summed E-state index contributed by atoms with van der Waals surface area (Å²) in [6.45, 7) is 10.7. The highest BCUT2D eigenvalue weighted by Crippen LogP contribution is 2.32. The summed E-state index contributed by atoms with van der Waals surface area (Å²) >= 11 is 0. The van der Waals surface area contributed by atoms with E-state index in [0.29, 0.717) is 5.75 Å². The van der Waals surface area contributed by atoms with Crippen molar-refractivity contribution in [3.8, 4) is 5.75 Å². The van der Waals surface area contributed by atoms with Crippen molar-refractivity contribution in [2.45, 2.75) is 25.6 Å². The van der Waals surface area contributed by atoms with Crippen LogP contribution < -0.4 is 4.74 Å². The van der Waals surface area contributed by atoms with Crippen LogP contribution >= 0.6 is 0 Å². The van der Waals surface area contributed by atoms with Gasteiger partial charge in [0.2, 0.25) is 0 Å². The third-order valence-electron chi connectivity index (χ3n) is 4.28. The molecule has 0 heterocycles. The second-order valence-corrected chi connectivity index (χ2v) is 6.54. The van der Waals surface area contributed by atoms with E-state index in [9.17, 15) is 9.59 Å². The molecule has 0 spiro atoms. The number of hydrogen-bond acceptors (Lipinski definition) is 5. The molecule has 0 aromatic heterocycles. The highest BCUT2D eigenvalue weighted by molar-refractivity contribution is 5.82. The van der Waals surface area contributed by atoms with E-state index in [2.05, 4.69) is 39.1 Å². The maximum absolute atomic E-state index is 11.5. The molecule has 0 amide bonds. The number of carbonyl (C=O) groups is 2. The Labute approximate surface area is 165 Å². The predicted octanol–water partition coefficient (Wildman–Crippen LogP) is 4.18. The van der Waals surface area contributed by atoms with E-state index >= 15 is 0 Å². The van der Waals surface area contributed by atoms with Crippen LogP contribution in [0.5, 0.6) is 5.75 Å². The van der Waals surface area contributed by atoms with E-state index in [0.717, 1.165) is 17.7 Å². The normalized spacial score (nSPS) is 11.8. The smallest absolute Gasteiger partial charge is 0.333 e. The fraction of sp³-hybridized carbons (Fsp3) is 0.217. The van der Waals surface area contributed by atoms with Gasteiger partial charge in [0.1, 0.15) is 5.75 Å². The van der Waals surface area contributed by atoms with E-state index in [1.807, 2.05) is 30.3 Å². The Kier molecular flexibility index (Phi) is 7.15. The van der Waals surface area contributed by atoms with Crippen LogP contribution in [-0.4, -0.2) is 24.8 Å². The van der Waals surface area contributed by atoms with Crippen molar-refractivity contribution >= 4 is 11.9 Å². The van der Waals surface area contributed by atoms with E-state index in [4.69, 9.17) is 14.2 Å². The van der Waals surface area contributed by atoms with Crippen LogP contribution in [0, 0.1) is 0 Å². The van der Waals surface area contributed by atoms with Gasteiger partial charge in [-0.1, -0.05) is 69.5 Å². The largest absolute Gasteiger partial charge is 0.455 e. The Hall–Kier alpha value is -3.34. The summed E-state index contributed by atoms with van der Waals surface area (Å²) in [5.41, 5.74) is 2.11. The van der Waals surface area contributed by atoms with Gasteiger partial charge in [0.05, 0.1) is 0 Å². The average molecular weight is 380 g/mol. The fourth-order valence-electron chi connectivity index (χ4n) is 2.60. The zero-order chi connectivity index (χ0) is 20.6. The topological polar surface area (TPSA) is 61.8 Å². The second-order valence-electron chi connectivity index (χ2n) is 6.54. The molecular weight excluding hydrogens is 356 g/mol. The third-order valence-corrected chi connectivity index (χ3v) is 4.28. The standard InChI is InChI=1S/C23H24O5/c1-5-20(24)26-16-22(28-21(25)6-2)27-19-14-12-18(13-15-19)23(3,4)17-10-8-7-9-11-17/h5-15,22H,1-2,16H2,3-4H3. The van der Waals surface area contributed by atoms with E-state index < -0.39 is 18.2 Å². The number of rotatable bonds is 9. The van der Waals surface area contributed by atoms with Crippen molar-refractivity contribution in [1.82, 2.24) is 0 Å². The van der Waals surface area contributed by atoms with Gasteiger partial charge in [-0.05, 0) is 23.3 Å². The first-order valence-corrected chi connectivity index (χ1v) is 8.81. The molecule has 1 unspecified atom stereocenters. The molecule has 0 fully saturated rings. The maximum Gasteiger partial charge on any atom is 0.333 e. The summed E-state index contributed by atoms with van der Waals surface area (Å²) < 4.78 is 15.6. The molecule has 2 rings (SSSR count). The van der Waals surface area contributed by atoms with Gasteiger partial charge in [-0.2, -0.15) is 0 Å². The lowest BCUT2D eigenvalue weighted by molar-refractivity contribution is -0.170. The van der Waals surface area contributed by atoms with Crippen molar-refractivity contribution < 1.29 is 23.8 Å². The van der Waals surface area contributed by atoms with Crippen molar-refractivity contribution in [3.05, 3.63) is 91.0 Å². The van der Waals surface area contributed by atoms with Gasteiger partial charge in [0, 0.05) is 17.6 Å². The van der Waals surface area contributed by atoms with Gasteiger partial charge >= 0.3 is 11.9 Å². The molecule has 0 saturated carbocycles. The molecule has 1 atom stereocenters. The molecular formula is C23H24O5. The predicted molar refractivity (Wildman–Crippen MR) is 107 cm³/mol. The lowest BCUT2D eigenvalue weighted by atomic mass is 9.78. The van der Waals surface area contributed by atoms with Crippen LogP contribution in [0.2, 0.25) is 0 Å². The Morgan fingerprint density at radius 3 is 2.07 bits per heavy atom. The van der Waals surface area contributed by atoms with E-state index in [-0.39, 0.29) is 12.0 Å². The van der Waals surface area contributed by atoms with E-state index in [1.165, 1.54) is 5.56 Å². The first-order chi connectivity index (χ1) is 13.4. The summed E-state index contributed by atoms with van der Waals surface area (Å²) in [5.74, 6) is -0.839. The van der Waals surface area contributed by atoms with E-state index in [1.54, 1.807) is 12.1 Å². The highest BCUT2D eigenvalue weighted by Gasteiger charge is 2.23. The Morgan fingerprint density at radius 2 is 1.50 bits per heavy atom. The number of hydrogen-bond donors (Lipinski definition) is 0. The molecule has 146 valence electrons. The number of esters is 2. The molecule has 5 heteroatoms. The first-order valence-electron chi connectivity index (χ1n) is 8.81. The molecule has 2 aromatic rings. The number of carbonyl (C=O) groups excluding carboxylic acids is 2. The molecule has 0 aliphatic carbocycles. The lowest BCUT2D eigenvalue weighted by Crippen LogP contribution is -2.29. The van der Waals surface area contributed by atoms with Crippen LogP contribution in [0.1, 0.15) is 25.0 Å². The molecule has 2 aromatic carbocycles. The summed E-state index contributed by atoms with van der Waals surface area (Å²) in [5, 5.41) is 0. The van der Waals surface area contributed by atoms with Crippen LogP contribution in [0.15, 0.2) is 79.9 Å². The number of ether oxygens (including phenoxy) is 3. The van der Waals surface area contributed by atoms with Gasteiger partial charge < -0.3 is 14.2 Å². The molecule has 0 saturated heterocycles. The molecule has 0 N–H and O–H groups in total. The van der Waals surface area contributed by atoms with Crippen LogP contribution in [0.4, 0.5) is 0 Å². The quantitative estimate of drug-likeness (QED) is 0.371. The molecule has 0 aliphatic rings. The Morgan fingerprint density at radius 1 is 0.929 bits per heavy atom. The zero-order valence-electron chi connectivity index (χ0n) is 16.1. The third kappa shape index (κ3) is 5.58. The van der Waals surface area contributed by atoms with Crippen molar-refractivity contribution in [2.24, 2.45) is 0 Å². The monoisotopic (exact) mass is 380 g/mol. The minimum atomic E-state index is -1.10. The van der Waals surface area contributed by atoms with Gasteiger partial charge in [0.25, 0.3) is 6.29 Å². The van der Waals surface area contributed by atoms with Crippen molar-refractivity contribution in [3.63, 3.8) is 0 Å². The average Bonchev–Trinajstić information content (AvgIpc) is 2.72. The molecule has 0 bridgehead atoms. The number of benzene rings is 2. The van der Waals surface area contributed by atoms with Crippen molar-refractivity contribution in [1.29, 1.82) is 0 Å². The van der Waals surface area contributed by atoms with Gasteiger partial charge in [-0.3, -0.25) is 0 Å². The summed E-state index contributed by atoms with van der Waals surface area (Å²) in [4.78, 5) is 22.7. The van der Waals surface area contributed by atoms with Crippen LogP contribution in [0.3, 0.4) is 0 Å². The highest BCUT2D eigenvalue weighted by atomic mass is 16.7. The van der Waals surface area contributed by atoms with Crippen LogP contribution in [-0.2, 0) is 24.5 Å².